The van der Waals surface area contributed by atoms with E-state index in [4.69, 9.17) is 5.73 Å². The number of aryl methyl sites for hydroxylation is 1. The van der Waals surface area contributed by atoms with E-state index in [0.717, 1.165) is 23.3 Å². The van der Waals surface area contributed by atoms with Crippen molar-refractivity contribution in [1.29, 1.82) is 0 Å². The van der Waals surface area contributed by atoms with Crippen LogP contribution in [-0.2, 0) is 36.8 Å². The number of amides is 5. The normalized spacial score (nSPS) is 16.6. The number of carboxylic acid groups (broad SMARTS) is 1. The first-order valence-corrected chi connectivity index (χ1v) is 23.7. The van der Waals surface area contributed by atoms with Gasteiger partial charge in [-0.3, -0.25) is 24.0 Å². The van der Waals surface area contributed by atoms with Crippen molar-refractivity contribution < 1.29 is 44.1 Å². The lowest BCUT2D eigenvalue weighted by molar-refractivity contribution is -0.144. The molecule has 1 aromatic heterocycles. The van der Waals surface area contributed by atoms with Gasteiger partial charge < -0.3 is 47.2 Å². The molecule has 0 saturated heterocycles. The van der Waals surface area contributed by atoms with Crippen LogP contribution in [0.3, 0.4) is 0 Å². The molecule has 4 aromatic rings. The standard InChI is InChI=1S/C49H63N7O9S/c1-4-5-6-7-8-9-10-13-31-15-18-33(19-16-31)47-55-39(29-66-47)45(61)51-25-23-42(59)53-37(14-11-12-24-50)48(63)56(3)43-34-20-22-41(58)36(28-34)35-26-32(17-21-40(35)57)27-38(49(64)65)54-44(60)30(2)52-46(43)62/h15-22,26,28-30,37-38,43,57-58H,4-14,23-25,27,50H2,1-3H3,(H,51,61)(H,52,62)(H,53,59)(H,54,60)(H,64,65)/t30-,37-,38-,43-/m0/s1. The third-order valence-electron chi connectivity index (χ3n) is 11.7. The highest BCUT2D eigenvalue weighted by molar-refractivity contribution is 7.13. The maximum Gasteiger partial charge on any atom is 0.326 e. The predicted octanol–water partition coefficient (Wildman–Crippen LogP) is 5.75. The van der Waals surface area contributed by atoms with E-state index in [1.807, 2.05) is 12.1 Å². The molecule has 0 fully saturated rings. The zero-order chi connectivity index (χ0) is 47.8. The number of hydrogen-bond acceptors (Lipinski definition) is 11. The van der Waals surface area contributed by atoms with Crippen LogP contribution in [0, 0.1) is 0 Å². The van der Waals surface area contributed by atoms with Gasteiger partial charge in [0.15, 0.2) is 0 Å². The monoisotopic (exact) mass is 925 g/mol. The Morgan fingerprint density at radius 1 is 0.879 bits per heavy atom. The quantitative estimate of drug-likeness (QED) is 0.0468. The number of aromatic nitrogens is 1. The maximum absolute atomic E-state index is 14.4. The van der Waals surface area contributed by atoms with Crippen molar-refractivity contribution in [1.82, 2.24) is 31.2 Å². The fourth-order valence-corrected chi connectivity index (χ4v) is 8.69. The fourth-order valence-electron chi connectivity index (χ4n) is 7.89. The topological polar surface area (TPSA) is 253 Å². The van der Waals surface area contributed by atoms with Crippen molar-refractivity contribution in [3.8, 4) is 33.2 Å². The largest absolute Gasteiger partial charge is 0.507 e. The minimum atomic E-state index is -1.44. The number of benzene rings is 3. The summed E-state index contributed by atoms with van der Waals surface area (Å²) in [6, 6.07) is 11.5. The Hall–Kier alpha value is -6.33. The molecule has 4 bridgehead atoms. The number of hydrogen-bond donors (Lipinski definition) is 8. The summed E-state index contributed by atoms with van der Waals surface area (Å²) in [7, 11) is 1.36. The van der Waals surface area contributed by atoms with Crippen LogP contribution in [0.25, 0.3) is 21.7 Å². The number of nitrogens with two attached hydrogens (primary N) is 1. The molecule has 0 saturated carbocycles. The number of rotatable bonds is 21. The van der Waals surface area contributed by atoms with Crippen LogP contribution >= 0.6 is 11.3 Å². The number of phenolic OH excluding ortho intramolecular Hbond substituents is 2. The Kier molecular flexibility index (Phi) is 19.1. The predicted molar refractivity (Wildman–Crippen MR) is 253 cm³/mol. The Bertz CT molecular complexity index is 2320. The van der Waals surface area contributed by atoms with Crippen LogP contribution in [0.2, 0.25) is 0 Å². The Morgan fingerprint density at radius 3 is 2.26 bits per heavy atom. The first-order chi connectivity index (χ1) is 31.7. The van der Waals surface area contributed by atoms with Crippen molar-refractivity contribution in [2.75, 3.05) is 20.1 Å². The van der Waals surface area contributed by atoms with Crippen molar-refractivity contribution >= 4 is 46.8 Å². The van der Waals surface area contributed by atoms with E-state index < -0.39 is 59.7 Å². The van der Waals surface area contributed by atoms with Crippen LogP contribution in [0.15, 0.2) is 66.0 Å². The lowest BCUT2D eigenvalue weighted by atomic mass is 9.93. The summed E-state index contributed by atoms with van der Waals surface area (Å²) in [4.78, 5) is 86.1. The minimum absolute atomic E-state index is 0.0531. The van der Waals surface area contributed by atoms with E-state index in [0.29, 0.717) is 30.0 Å². The molecule has 0 radical (unpaired) electrons. The molecule has 354 valence electrons. The molecule has 66 heavy (non-hydrogen) atoms. The van der Waals surface area contributed by atoms with Gasteiger partial charge >= 0.3 is 5.97 Å². The lowest BCUT2D eigenvalue weighted by Gasteiger charge is -2.32. The number of thiazole rings is 1. The van der Waals surface area contributed by atoms with Gasteiger partial charge in [-0.15, -0.1) is 11.3 Å². The molecule has 1 aliphatic rings. The number of unbranched alkanes of at least 4 members (excludes halogenated alkanes) is 7. The average molecular weight is 926 g/mol. The van der Waals surface area contributed by atoms with Gasteiger partial charge in [0, 0.05) is 48.5 Å². The minimum Gasteiger partial charge on any atom is -0.507 e. The van der Waals surface area contributed by atoms with E-state index in [9.17, 15) is 44.1 Å². The summed E-state index contributed by atoms with van der Waals surface area (Å²) in [5.74, 6) is -5.11. The molecule has 16 nitrogen and oxygen atoms in total. The highest BCUT2D eigenvalue weighted by Crippen LogP contribution is 2.39. The zero-order valence-corrected chi connectivity index (χ0v) is 38.8. The molecule has 4 atom stereocenters. The average Bonchev–Trinajstić information content (AvgIpc) is 3.80. The number of carboxylic acids is 1. The smallest absolute Gasteiger partial charge is 0.326 e. The van der Waals surface area contributed by atoms with Gasteiger partial charge in [-0.2, -0.15) is 0 Å². The molecule has 0 unspecified atom stereocenters. The maximum atomic E-state index is 14.4. The van der Waals surface area contributed by atoms with Gasteiger partial charge in [0.1, 0.15) is 46.4 Å². The number of aliphatic carboxylic acids is 1. The van der Waals surface area contributed by atoms with Crippen molar-refractivity contribution in [2.24, 2.45) is 5.73 Å². The van der Waals surface area contributed by atoms with Crippen LogP contribution in [-0.4, -0.2) is 99.0 Å². The number of fused-ring (bicyclic) bond motifs is 5. The van der Waals surface area contributed by atoms with Crippen LogP contribution < -0.4 is 27.0 Å². The number of carbonyl (C=O) groups is 6. The molecular weight excluding hydrogens is 863 g/mol. The van der Waals surface area contributed by atoms with Crippen LogP contribution in [0.1, 0.15) is 118 Å². The lowest BCUT2D eigenvalue weighted by Crippen LogP contribution is -2.54. The molecule has 9 N–H and O–H groups in total. The highest BCUT2D eigenvalue weighted by atomic mass is 32.1. The van der Waals surface area contributed by atoms with Gasteiger partial charge in [-0.05, 0) is 86.5 Å². The molecule has 1 aliphatic heterocycles. The summed E-state index contributed by atoms with van der Waals surface area (Å²) >= 11 is 1.35. The number of nitrogens with one attached hydrogen (secondary N) is 4. The van der Waals surface area contributed by atoms with E-state index in [2.05, 4.69) is 45.3 Å². The van der Waals surface area contributed by atoms with Crippen molar-refractivity contribution in [3.63, 3.8) is 0 Å². The van der Waals surface area contributed by atoms with E-state index in [-0.39, 0.29) is 59.7 Å². The van der Waals surface area contributed by atoms with Crippen LogP contribution in [0.4, 0.5) is 0 Å². The Labute approximate surface area is 389 Å². The second-order valence-electron chi connectivity index (χ2n) is 16.8. The SMILES string of the molecule is CCCCCCCCCc1ccc(-c2nc(C(=O)NCCC(=O)N[C@@H](CCCCN)C(=O)N(C)[C@@H]3C(=O)N[C@@H](C)C(=O)N[C@H](C(=O)O)Cc4ccc(O)c(c4)-c4cc3ccc4O)cs2)cc1. The third-order valence-corrected chi connectivity index (χ3v) is 12.6. The summed E-state index contributed by atoms with van der Waals surface area (Å²) in [6.45, 7) is 3.87. The molecular formula is C49H63N7O9S. The van der Waals surface area contributed by atoms with Gasteiger partial charge in [0.25, 0.3) is 5.91 Å². The number of carbonyl (C=O) groups excluding carboxylic acids is 5. The third kappa shape index (κ3) is 14.1. The Morgan fingerprint density at radius 2 is 1.56 bits per heavy atom. The van der Waals surface area contributed by atoms with Crippen molar-refractivity contribution in [3.05, 3.63) is 88.4 Å². The van der Waals surface area contributed by atoms with E-state index in [1.165, 1.54) is 106 Å². The molecule has 17 heteroatoms. The summed E-state index contributed by atoms with van der Waals surface area (Å²) in [5, 5.41) is 44.7. The van der Waals surface area contributed by atoms with E-state index >= 15 is 0 Å². The summed E-state index contributed by atoms with van der Waals surface area (Å²) in [5.41, 5.74) is 8.99. The molecule has 5 rings (SSSR count). The van der Waals surface area contributed by atoms with Crippen LogP contribution in [0.5, 0.6) is 11.5 Å². The van der Waals surface area contributed by atoms with Gasteiger partial charge in [0.05, 0.1) is 0 Å². The molecule has 0 aliphatic carbocycles. The van der Waals surface area contributed by atoms with Gasteiger partial charge in [-0.25, -0.2) is 9.78 Å². The van der Waals surface area contributed by atoms with E-state index in [1.54, 1.807) is 5.38 Å². The fraction of sp³-hybridized carbons (Fsp3) is 0.449. The molecule has 3 aromatic carbocycles. The number of likely N-dealkylation sites (N-methyl/N-ethyl adjacent to an activating group) is 1. The second kappa shape index (κ2) is 24.8. The zero-order valence-electron chi connectivity index (χ0n) is 37.9. The second-order valence-corrected chi connectivity index (χ2v) is 17.7. The number of nitrogens with zero attached hydrogens (tertiary/aromatic N) is 2. The van der Waals surface area contributed by atoms with Crippen molar-refractivity contribution in [2.45, 2.75) is 121 Å². The molecule has 0 spiro atoms. The highest BCUT2D eigenvalue weighted by Gasteiger charge is 2.36. The Balaban J connectivity index is 1.26. The van der Waals surface area contributed by atoms with Gasteiger partial charge in [-0.1, -0.05) is 81.8 Å². The van der Waals surface area contributed by atoms with Gasteiger partial charge in [0.2, 0.25) is 23.6 Å². The summed E-state index contributed by atoms with van der Waals surface area (Å²) in [6.07, 6.45) is 10.6. The first-order valence-electron chi connectivity index (χ1n) is 22.8. The number of aromatic hydroxyl groups is 2. The number of phenols is 2. The molecule has 2 heterocycles. The molecule has 5 amide bonds. The summed E-state index contributed by atoms with van der Waals surface area (Å²) < 4.78 is 0. The first kappa shape index (κ1) is 50.7.